The summed E-state index contributed by atoms with van der Waals surface area (Å²) in [6.45, 7) is 1.70. The van der Waals surface area contributed by atoms with Crippen LogP contribution in [0.3, 0.4) is 0 Å². The molecular formula is C15H20N2O3. The Morgan fingerprint density at radius 2 is 2.00 bits per heavy atom. The molecule has 0 amide bonds. The van der Waals surface area contributed by atoms with E-state index in [0.29, 0.717) is 19.7 Å². The van der Waals surface area contributed by atoms with Crippen molar-refractivity contribution >= 4 is 16.7 Å². The molecule has 0 bridgehead atoms. The number of anilines is 1. The number of fused-ring (bicyclic) bond motifs is 1. The Morgan fingerprint density at radius 3 is 2.70 bits per heavy atom. The summed E-state index contributed by atoms with van der Waals surface area (Å²) in [5.74, 6) is 0.749. The first-order valence-electron chi connectivity index (χ1n) is 6.64. The third kappa shape index (κ3) is 3.25. The zero-order valence-electron chi connectivity index (χ0n) is 11.6. The molecule has 0 spiro atoms. The van der Waals surface area contributed by atoms with Crippen molar-refractivity contribution in [3.63, 3.8) is 0 Å². The van der Waals surface area contributed by atoms with Gasteiger partial charge in [-0.05, 0) is 17.7 Å². The first kappa shape index (κ1) is 14.7. The zero-order chi connectivity index (χ0) is 14.4. The summed E-state index contributed by atoms with van der Waals surface area (Å²) in [6.07, 6.45) is 0. The molecule has 1 heterocycles. The Morgan fingerprint density at radius 1 is 1.20 bits per heavy atom. The number of aromatic nitrogens is 1. The van der Waals surface area contributed by atoms with E-state index in [2.05, 4.69) is 4.98 Å². The van der Waals surface area contributed by atoms with Crippen LogP contribution < -0.4 is 4.90 Å². The van der Waals surface area contributed by atoms with Crippen LogP contribution in [-0.2, 0) is 11.3 Å². The third-order valence-electron chi connectivity index (χ3n) is 3.22. The highest BCUT2D eigenvalue weighted by Gasteiger charge is 2.11. The van der Waals surface area contributed by atoms with E-state index in [1.165, 1.54) is 0 Å². The number of pyridine rings is 1. The number of rotatable bonds is 7. The first-order valence-corrected chi connectivity index (χ1v) is 6.64. The van der Waals surface area contributed by atoms with E-state index in [1.54, 1.807) is 7.11 Å². The van der Waals surface area contributed by atoms with Gasteiger partial charge in [0, 0.05) is 25.6 Å². The fourth-order valence-electron chi connectivity index (χ4n) is 2.19. The molecule has 2 N–H and O–H groups in total. The summed E-state index contributed by atoms with van der Waals surface area (Å²) in [5.41, 5.74) is 1.68. The van der Waals surface area contributed by atoms with Crippen LogP contribution in [0.4, 0.5) is 5.82 Å². The van der Waals surface area contributed by atoms with Crippen LogP contribution >= 0.6 is 0 Å². The average Bonchev–Trinajstić information content (AvgIpc) is 2.50. The number of hydrogen-bond acceptors (Lipinski definition) is 5. The molecule has 0 aliphatic heterocycles. The van der Waals surface area contributed by atoms with Gasteiger partial charge >= 0.3 is 0 Å². The van der Waals surface area contributed by atoms with E-state index in [9.17, 15) is 10.2 Å². The van der Waals surface area contributed by atoms with E-state index in [4.69, 9.17) is 4.74 Å². The molecule has 0 fully saturated rings. The average molecular weight is 276 g/mol. The van der Waals surface area contributed by atoms with Crippen molar-refractivity contribution in [1.29, 1.82) is 0 Å². The maximum Gasteiger partial charge on any atom is 0.129 e. The summed E-state index contributed by atoms with van der Waals surface area (Å²) in [6, 6.07) is 9.59. The second-order valence-corrected chi connectivity index (χ2v) is 4.52. The number of benzene rings is 1. The summed E-state index contributed by atoms with van der Waals surface area (Å²) in [4.78, 5) is 6.56. The minimum atomic E-state index is -0.0344. The van der Waals surface area contributed by atoms with Gasteiger partial charge in [-0.15, -0.1) is 0 Å². The molecule has 2 aromatic rings. The molecule has 5 nitrogen and oxygen atoms in total. The normalized spacial score (nSPS) is 10.9. The summed E-state index contributed by atoms with van der Waals surface area (Å²) in [7, 11) is 1.64. The van der Waals surface area contributed by atoms with Crippen LogP contribution in [0.1, 0.15) is 5.56 Å². The Kier molecular flexibility index (Phi) is 5.29. The van der Waals surface area contributed by atoms with Crippen molar-refractivity contribution in [3.8, 4) is 0 Å². The maximum absolute atomic E-state index is 9.53. The van der Waals surface area contributed by atoms with Crippen LogP contribution in [-0.4, -0.2) is 48.6 Å². The lowest BCUT2D eigenvalue weighted by Gasteiger charge is -2.23. The fraction of sp³-hybridized carbons (Fsp3) is 0.400. The van der Waals surface area contributed by atoms with Crippen molar-refractivity contribution in [2.24, 2.45) is 0 Å². The molecule has 0 aliphatic rings. The Labute approximate surface area is 118 Å². The maximum atomic E-state index is 9.53. The van der Waals surface area contributed by atoms with Crippen molar-refractivity contribution in [2.45, 2.75) is 6.61 Å². The van der Waals surface area contributed by atoms with E-state index in [0.717, 1.165) is 22.3 Å². The van der Waals surface area contributed by atoms with Crippen LogP contribution in [0.2, 0.25) is 0 Å². The standard InChI is InChI=1S/C15H20N2O3/c1-20-9-7-17(6-8-18)15-10-12(11-19)13-4-2-3-5-14(13)16-15/h2-5,10,18-19H,6-9,11H2,1H3. The second kappa shape index (κ2) is 7.19. The van der Waals surface area contributed by atoms with E-state index < -0.39 is 0 Å². The highest BCUT2D eigenvalue weighted by Crippen LogP contribution is 2.22. The number of methoxy groups -OCH3 is 1. The van der Waals surface area contributed by atoms with E-state index in [1.807, 2.05) is 35.2 Å². The molecule has 0 radical (unpaired) electrons. The molecule has 20 heavy (non-hydrogen) atoms. The third-order valence-corrected chi connectivity index (χ3v) is 3.22. The Balaban J connectivity index is 2.40. The summed E-state index contributed by atoms with van der Waals surface area (Å²) >= 11 is 0. The van der Waals surface area contributed by atoms with Gasteiger partial charge in [0.2, 0.25) is 0 Å². The molecule has 0 atom stereocenters. The largest absolute Gasteiger partial charge is 0.395 e. The molecule has 1 aromatic heterocycles. The molecular weight excluding hydrogens is 256 g/mol. The van der Waals surface area contributed by atoms with Gasteiger partial charge in [0.05, 0.1) is 25.3 Å². The molecule has 0 unspecified atom stereocenters. The number of hydrogen-bond donors (Lipinski definition) is 2. The quantitative estimate of drug-likeness (QED) is 0.795. The molecule has 2 rings (SSSR count). The van der Waals surface area contributed by atoms with Gasteiger partial charge in [0.15, 0.2) is 0 Å². The molecule has 5 heteroatoms. The van der Waals surface area contributed by atoms with Crippen molar-refractivity contribution < 1.29 is 14.9 Å². The molecule has 0 saturated heterocycles. The van der Waals surface area contributed by atoms with Gasteiger partial charge in [0.1, 0.15) is 5.82 Å². The van der Waals surface area contributed by atoms with Gasteiger partial charge in [-0.3, -0.25) is 0 Å². The molecule has 1 aromatic carbocycles. The van der Waals surface area contributed by atoms with Gasteiger partial charge in [-0.25, -0.2) is 4.98 Å². The Bertz CT molecular complexity index is 560. The first-order chi connectivity index (χ1) is 9.80. The molecule has 0 aliphatic carbocycles. The van der Waals surface area contributed by atoms with Crippen molar-refractivity contribution in [2.75, 3.05) is 38.3 Å². The number of aliphatic hydroxyl groups is 2. The van der Waals surface area contributed by atoms with E-state index >= 15 is 0 Å². The van der Waals surface area contributed by atoms with Crippen LogP contribution in [0.15, 0.2) is 30.3 Å². The number of aliphatic hydroxyl groups excluding tert-OH is 2. The van der Waals surface area contributed by atoms with Gasteiger partial charge in [-0.1, -0.05) is 18.2 Å². The lowest BCUT2D eigenvalue weighted by atomic mass is 10.1. The summed E-state index contributed by atoms with van der Waals surface area (Å²) in [5, 5.41) is 19.7. The smallest absolute Gasteiger partial charge is 0.129 e. The van der Waals surface area contributed by atoms with Crippen LogP contribution in [0.25, 0.3) is 10.9 Å². The molecule has 0 saturated carbocycles. The van der Waals surface area contributed by atoms with Crippen LogP contribution in [0.5, 0.6) is 0 Å². The highest BCUT2D eigenvalue weighted by molar-refractivity contribution is 5.84. The minimum Gasteiger partial charge on any atom is -0.395 e. The molecule has 108 valence electrons. The topological polar surface area (TPSA) is 65.8 Å². The lowest BCUT2D eigenvalue weighted by molar-refractivity contribution is 0.202. The summed E-state index contributed by atoms with van der Waals surface area (Å²) < 4.78 is 5.08. The fourth-order valence-corrected chi connectivity index (χ4v) is 2.19. The van der Waals surface area contributed by atoms with Crippen molar-refractivity contribution in [3.05, 3.63) is 35.9 Å². The second-order valence-electron chi connectivity index (χ2n) is 4.52. The predicted octanol–water partition coefficient (Wildman–Crippen LogP) is 1.17. The number of ether oxygens (including phenoxy) is 1. The van der Waals surface area contributed by atoms with E-state index in [-0.39, 0.29) is 13.2 Å². The lowest BCUT2D eigenvalue weighted by Crippen LogP contribution is -2.31. The monoisotopic (exact) mass is 276 g/mol. The van der Waals surface area contributed by atoms with Crippen molar-refractivity contribution in [1.82, 2.24) is 4.98 Å². The number of nitrogens with zero attached hydrogens (tertiary/aromatic N) is 2. The Hall–Kier alpha value is -1.69. The van der Waals surface area contributed by atoms with Gasteiger partial charge < -0.3 is 19.8 Å². The predicted molar refractivity (Wildman–Crippen MR) is 78.8 cm³/mol. The minimum absolute atomic E-state index is 0.0344. The zero-order valence-corrected chi connectivity index (χ0v) is 11.6. The number of para-hydroxylation sites is 1. The highest BCUT2D eigenvalue weighted by atomic mass is 16.5. The van der Waals surface area contributed by atoms with Gasteiger partial charge in [-0.2, -0.15) is 0 Å². The van der Waals surface area contributed by atoms with Gasteiger partial charge in [0.25, 0.3) is 0 Å². The SMILES string of the molecule is COCCN(CCO)c1cc(CO)c2ccccc2n1. The van der Waals surface area contributed by atoms with Crippen LogP contribution in [0, 0.1) is 0 Å².